The molecule has 1 heterocycles. The second kappa shape index (κ2) is 8.50. The van der Waals surface area contributed by atoms with Crippen molar-refractivity contribution in [1.29, 1.82) is 0 Å². The van der Waals surface area contributed by atoms with Crippen molar-refractivity contribution in [1.82, 2.24) is 10.3 Å². The molecule has 0 atom stereocenters. The average Bonchev–Trinajstić information content (AvgIpc) is 2.67. The number of carbonyl (C=O) groups is 2. The van der Waals surface area contributed by atoms with Gasteiger partial charge in [-0.05, 0) is 48.9 Å². The number of amides is 3. The van der Waals surface area contributed by atoms with Crippen molar-refractivity contribution in [3.8, 4) is 11.1 Å². The highest BCUT2D eigenvalue weighted by atomic mass is 19.4. The molecule has 0 bridgehead atoms. The van der Waals surface area contributed by atoms with E-state index in [0.717, 1.165) is 30.3 Å². The van der Waals surface area contributed by atoms with E-state index in [1.54, 1.807) is 5.32 Å². The van der Waals surface area contributed by atoms with Crippen LogP contribution in [0.2, 0.25) is 0 Å². The standard InChI is InChI=1S/C21H14F5N3O2/c1-11-14(12-4-2-5-13(10-12)21(24,25)26)8-9-17(27-11)28-20(31)29-19(30)18-15(22)6-3-7-16(18)23/h2-10H,1H3,(H2,27,28,29,30,31). The summed E-state index contributed by atoms with van der Waals surface area (Å²) in [6, 6.07) is 9.16. The third-order valence-corrected chi connectivity index (χ3v) is 4.25. The quantitative estimate of drug-likeness (QED) is 0.548. The minimum absolute atomic E-state index is 0.0208. The molecular formula is C21H14F5N3O2. The van der Waals surface area contributed by atoms with Crippen LogP contribution in [0.25, 0.3) is 11.1 Å². The number of nitrogens with zero attached hydrogens (tertiary/aromatic N) is 1. The lowest BCUT2D eigenvalue weighted by atomic mass is 10.0. The number of pyridine rings is 1. The largest absolute Gasteiger partial charge is 0.416 e. The van der Waals surface area contributed by atoms with Gasteiger partial charge in [0.25, 0.3) is 5.91 Å². The third kappa shape index (κ3) is 5.03. The van der Waals surface area contributed by atoms with Crippen LogP contribution in [0.1, 0.15) is 21.6 Å². The summed E-state index contributed by atoms with van der Waals surface area (Å²) < 4.78 is 66.0. The molecule has 31 heavy (non-hydrogen) atoms. The normalized spacial score (nSPS) is 11.2. The first-order chi connectivity index (χ1) is 14.6. The number of benzene rings is 2. The summed E-state index contributed by atoms with van der Waals surface area (Å²) in [6.45, 7) is 1.53. The number of halogens is 5. The van der Waals surface area contributed by atoms with Gasteiger partial charge >= 0.3 is 12.2 Å². The maximum absolute atomic E-state index is 13.6. The van der Waals surface area contributed by atoms with E-state index in [1.165, 1.54) is 31.2 Å². The van der Waals surface area contributed by atoms with E-state index >= 15 is 0 Å². The first kappa shape index (κ1) is 21.9. The Morgan fingerprint density at radius 3 is 2.19 bits per heavy atom. The molecule has 0 aliphatic heterocycles. The van der Waals surface area contributed by atoms with Crippen LogP contribution in [0.3, 0.4) is 0 Å². The third-order valence-electron chi connectivity index (χ3n) is 4.25. The fourth-order valence-corrected chi connectivity index (χ4v) is 2.83. The summed E-state index contributed by atoms with van der Waals surface area (Å²) in [7, 11) is 0. The summed E-state index contributed by atoms with van der Waals surface area (Å²) in [5.41, 5.74) is -0.738. The van der Waals surface area contributed by atoms with Gasteiger partial charge in [-0.25, -0.2) is 18.6 Å². The summed E-state index contributed by atoms with van der Waals surface area (Å²) in [4.78, 5) is 28.0. The number of aromatic nitrogens is 1. The molecule has 0 unspecified atom stereocenters. The van der Waals surface area contributed by atoms with Gasteiger partial charge < -0.3 is 0 Å². The predicted octanol–water partition coefficient (Wildman–Crippen LogP) is 5.32. The van der Waals surface area contributed by atoms with E-state index in [9.17, 15) is 31.5 Å². The van der Waals surface area contributed by atoms with Crippen molar-refractivity contribution in [2.75, 3.05) is 5.32 Å². The van der Waals surface area contributed by atoms with E-state index in [4.69, 9.17) is 0 Å². The highest BCUT2D eigenvalue weighted by Gasteiger charge is 2.30. The van der Waals surface area contributed by atoms with Gasteiger partial charge in [-0.1, -0.05) is 18.2 Å². The molecule has 0 aliphatic rings. The van der Waals surface area contributed by atoms with Gasteiger partial charge in [0.05, 0.1) is 5.56 Å². The van der Waals surface area contributed by atoms with Crippen molar-refractivity contribution in [2.45, 2.75) is 13.1 Å². The van der Waals surface area contributed by atoms with Crippen molar-refractivity contribution >= 4 is 17.8 Å². The highest BCUT2D eigenvalue weighted by molar-refractivity contribution is 6.08. The van der Waals surface area contributed by atoms with Crippen LogP contribution in [-0.4, -0.2) is 16.9 Å². The fourth-order valence-electron chi connectivity index (χ4n) is 2.83. The van der Waals surface area contributed by atoms with E-state index in [1.807, 2.05) is 0 Å². The molecule has 3 aromatic rings. The monoisotopic (exact) mass is 435 g/mol. The number of carbonyl (C=O) groups excluding carboxylic acids is 2. The molecule has 160 valence electrons. The average molecular weight is 435 g/mol. The van der Waals surface area contributed by atoms with Crippen molar-refractivity contribution in [2.24, 2.45) is 0 Å². The van der Waals surface area contributed by atoms with Crippen molar-refractivity contribution in [3.05, 3.63) is 83.1 Å². The molecule has 2 aromatic carbocycles. The smallest absolute Gasteiger partial charge is 0.292 e. The molecule has 5 nitrogen and oxygen atoms in total. The maximum atomic E-state index is 13.6. The number of alkyl halides is 3. The van der Waals surface area contributed by atoms with Crippen molar-refractivity contribution < 1.29 is 31.5 Å². The lowest BCUT2D eigenvalue weighted by Crippen LogP contribution is -2.35. The first-order valence-corrected chi connectivity index (χ1v) is 8.78. The molecule has 2 N–H and O–H groups in total. The summed E-state index contributed by atoms with van der Waals surface area (Å²) in [6.07, 6.45) is -4.50. The number of urea groups is 1. The van der Waals surface area contributed by atoms with E-state index < -0.39 is 40.9 Å². The predicted molar refractivity (Wildman–Crippen MR) is 102 cm³/mol. The molecular weight excluding hydrogens is 421 g/mol. The lowest BCUT2D eigenvalue weighted by molar-refractivity contribution is -0.137. The number of hydrogen-bond acceptors (Lipinski definition) is 3. The van der Waals surface area contributed by atoms with Gasteiger partial charge in [0.2, 0.25) is 0 Å². The van der Waals surface area contributed by atoms with Gasteiger partial charge in [-0.15, -0.1) is 0 Å². The number of aryl methyl sites for hydroxylation is 1. The minimum Gasteiger partial charge on any atom is -0.292 e. The molecule has 0 spiro atoms. The molecule has 3 rings (SSSR count). The molecule has 10 heteroatoms. The Bertz CT molecular complexity index is 1140. The molecule has 0 aliphatic carbocycles. The number of imide groups is 1. The van der Waals surface area contributed by atoms with Crippen LogP contribution in [0.5, 0.6) is 0 Å². The van der Waals surface area contributed by atoms with Crippen LogP contribution < -0.4 is 10.6 Å². The van der Waals surface area contributed by atoms with Gasteiger partial charge in [0.1, 0.15) is 23.0 Å². The second-order valence-corrected chi connectivity index (χ2v) is 6.41. The van der Waals surface area contributed by atoms with E-state index in [0.29, 0.717) is 11.3 Å². The van der Waals surface area contributed by atoms with Gasteiger partial charge in [-0.3, -0.25) is 15.4 Å². The highest BCUT2D eigenvalue weighted by Crippen LogP contribution is 2.33. The molecule has 0 saturated carbocycles. The lowest BCUT2D eigenvalue weighted by Gasteiger charge is -2.12. The van der Waals surface area contributed by atoms with Crippen LogP contribution in [-0.2, 0) is 6.18 Å². The Hall–Kier alpha value is -3.82. The summed E-state index contributed by atoms with van der Waals surface area (Å²) in [5, 5.41) is 4.01. The Kier molecular flexibility index (Phi) is 6.00. The minimum atomic E-state index is -4.50. The van der Waals surface area contributed by atoms with Crippen LogP contribution in [0, 0.1) is 18.6 Å². The zero-order chi connectivity index (χ0) is 22.8. The Morgan fingerprint density at radius 2 is 1.58 bits per heavy atom. The Morgan fingerprint density at radius 1 is 0.935 bits per heavy atom. The van der Waals surface area contributed by atoms with Crippen LogP contribution in [0.4, 0.5) is 32.6 Å². The molecule has 0 radical (unpaired) electrons. The molecule has 0 saturated heterocycles. The Balaban J connectivity index is 1.75. The molecule has 1 aromatic heterocycles. The van der Waals surface area contributed by atoms with Gasteiger partial charge in [-0.2, -0.15) is 13.2 Å². The summed E-state index contributed by atoms with van der Waals surface area (Å²) >= 11 is 0. The zero-order valence-corrected chi connectivity index (χ0v) is 15.8. The van der Waals surface area contributed by atoms with Gasteiger partial charge in [0.15, 0.2) is 0 Å². The van der Waals surface area contributed by atoms with Crippen LogP contribution >= 0.6 is 0 Å². The fraction of sp³-hybridized carbons (Fsp3) is 0.0952. The molecule has 3 amide bonds. The summed E-state index contributed by atoms with van der Waals surface area (Å²) in [5.74, 6) is -3.58. The topological polar surface area (TPSA) is 71.1 Å². The van der Waals surface area contributed by atoms with Crippen LogP contribution in [0.15, 0.2) is 54.6 Å². The SMILES string of the molecule is Cc1nc(NC(=O)NC(=O)c2c(F)cccc2F)ccc1-c1cccc(C(F)(F)F)c1. The zero-order valence-electron chi connectivity index (χ0n) is 15.8. The number of anilines is 1. The Labute approximate surface area is 172 Å². The number of hydrogen-bond donors (Lipinski definition) is 2. The van der Waals surface area contributed by atoms with Gasteiger partial charge in [0, 0.05) is 11.3 Å². The van der Waals surface area contributed by atoms with E-state index in [-0.39, 0.29) is 11.4 Å². The van der Waals surface area contributed by atoms with E-state index in [2.05, 4.69) is 10.3 Å². The number of rotatable bonds is 3. The molecule has 0 fully saturated rings. The number of nitrogens with one attached hydrogen (secondary N) is 2. The first-order valence-electron chi connectivity index (χ1n) is 8.78. The maximum Gasteiger partial charge on any atom is 0.416 e. The van der Waals surface area contributed by atoms with Crippen molar-refractivity contribution in [3.63, 3.8) is 0 Å². The second-order valence-electron chi connectivity index (χ2n) is 6.41.